The van der Waals surface area contributed by atoms with Crippen LogP contribution in [-0.4, -0.2) is 29.2 Å². The molecule has 6 heteroatoms. The lowest BCUT2D eigenvalue weighted by Gasteiger charge is -2.22. The molecule has 0 aromatic carbocycles. The Morgan fingerprint density at radius 1 is 1.35 bits per heavy atom. The third-order valence-electron chi connectivity index (χ3n) is 5.24. The van der Waals surface area contributed by atoms with Gasteiger partial charge in [0, 0.05) is 30.4 Å². The number of hydrogen-bond acceptors (Lipinski definition) is 4. The Hall–Kier alpha value is -3.41. The highest BCUT2D eigenvalue weighted by Crippen LogP contribution is 2.30. The minimum atomic E-state index is -0.227. The third kappa shape index (κ3) is 5.81. The van der Waals surface area contributed by atoms with Gasteiger partial charge in [0.25, 0.3) is 0 Å². The number of likely N-dealkylation sites (N-methyl/N-ethyl adjacent to an activating group) is 1. The molecule has 2 aromatic rings. The first-order valence-electron chi connectivity index (χ1n) is 10.4. The third-order valence-corrected chi connectivity index (χ3v) is 5.24. The molecule has 0 radical (unpaired) electrons. The number of carbonyl (C=O) groups is 2. The van der Waals surface area contributed by atoms with Gasteiger partial charge in [0.05, 0.1) is 6.04 Å². The minimum Gasteiger partial charge on any atom is -0.463 e. The molecule has 2 aromatic heterocycles. The summed E-state index contributed by atoms with van der Waals surface area (Å²) < 4.78 is 5.97. The number of aromatic nitrogens is 1. The quantitative estimate of drug-likeness (QED) is 0.323. The molecule has 0 saturated carbocycles. The maximum absolute atomic E-state index is 12.8. The molecule has 0 spiro atoms. The van der Waals surface area contributed by atoms with Crippen molar-refractivity contribution in [2.45, 2.75) is 46.6 Å². The SMILES string of the molecule is C=C/C=C\c1c(C)oc(C(C)N(C)C(=O)/C=C/c2cnc(NC=O)c(CCC)c2)c1C. The van der Waals surface area contributed by atoms with Gasteiger partial charge in [-0.25, -0.2) is 4.98 Å². The number of nitrogens with zero attached hydrogens (tertiary/aromatic N) is 2. The average Bonchev–Trinajstić information content (AvgIpc) is 3.04. The minimum absolute atomic E-state index is 0.142. The Morgan fingerprint density at radius 2 is 2.10 bits per heavy atom. The van der Waals surface area contributed by atoms with Crippen LogP contribution in [0.15, 0.2) is 41.5 Å². The molecule has 1 atom stereocenters. The molecular weight excluding hydrogens is 390 g/mol. The molecule has 0 aliphatic carbocycles. The molecule has 6 nitrogen and oxygen atoms in total. The second-order valence-corrected chi connectivity index (χ2v) is 7.40. The highest BCUT2D eigenvalue weighted by atomic mass is 16.3. The smallest absolute Gasteiger partial charge is 0.246 e. The van der Waals surface area contributed by atoms with Crippen molar-refractivity contribution in [1.29, 1.82) is 0 Å². The number of hydrogen-bond donors (Lipinski definition) is 1. The first-order valence-corrected chi connectivity index (χ1v) is 10.4. The van der Waals surface area contributed by atoms with E-state index in [1.165, 1.54) is 6.08 Å². The van der Waals surface area contributed by atoms with Crippen LogP contribution < -0.4 is 5.32 Å². The van der Waals surface area contributed by atoms with Crippen LogP contribution in [0.1, 0.15) is 60.1 Å². The number of carbonyl (C=O) groups excluding carboxylic acids is 2. The topological polar surface area (TPSA) is 75.4 Å². The fourth-order valence-corrected chi connectivity index (χ4v) is 3.42. The summed E-state index contributed by atoms with van der Waals surface area (Å²) in [6, 6.07) is 1.71. The maximum Gasteiger partial charge on any atom is 0.246 e. The van der Waals surface area contributed by atoms with Gasteiger partial charge >= 0.3 is 0 Å². The summed E-state index contributed by atoms with van der Waals surface area (Å²) in [5.74, 6) is 1.99. The Labute approximate surface area is 184 Å². The molecule has 31 heavy (non-hydrogen) atoms. The molecule has 0 bridgehead atoms. The predicted molar refractivity (Wildman–Crippen MR) is 126 cm³/mol. The van der Waals surface area contributed by atoms with E-state index in [4.69, 9.17) is 4.42 Å². The molecule has 0 saturated heterocycles. The van der Waals surface area contributed by atoms with Crippen LogP contribution in [0, 0.1) is 13.8 Å². The van der Waals surface area contributed by atoms with Crippen molar-refractivity contribution in [3.8, 4) is 0 Å². The lowest BCUT2D eigenvalue weighted by molar-refractivity contribution is -0.126. The fourth-order valence-electron chi connectivity index (χ4n) is 3.42. The molecule has 2 rings (SSSR count). The van der Waals surface area contributed by atoms with E-state index < -0.39 is 0 Å². The molecule has 0 aliphatic heterocycles. The zero-order valence-corrected chi connectivity index (χ0v) is 18.9. The largest absolute Gasteiger partial charge is 0.463 e. The van der Waals surface area contributed by atoms with Gasteiger partial charge in [-0.05, 0) is 50.5 Å². The zero-order chi connectivity index (χ0) is 23.0. The van der Waals surface area contributed by atoms with Gasteiger partial charge in [0.2, 0.25) is 12.3 Å². The second kappa shape index (κ2) is 11.1. The summed E-state index contributed by atoms with van der Waals surface area (Å²) in [4.78, 5) is 29.5. The van der Waals surface area contributed by atoms with Gasteiger partial charge in [-0.3, -0.25) is 9.59 Å². The van der Waals surface area contributed by atoms with Crippen molar-refractivity contribution >= 4 is 30.3 Å². The summed E-state index contributed by atoms with van der Waals surface area (Å²) in [6.45, 7) is 11.6. The second-order valence-electron chi connectivity index (χ2n) is 7.40. The van der Waals surface area contributed by atoms with Crippen molar-refractivity contribution in [1.82, 2.24) is 9.88 Å². The summed E-state index contributed by atoms with van der Waals surface area (Å²) in [5.41, 5.74) is 3.76. The molecule has 0 aliphatic rings. The Bertz CT molecular complexity index is 1000. The van der Waals surface area contributed by atoms with Crippen molar-refractivity contribution in [2.24, 2.45) is 0 Å². The van der Waals surface area contributed by atoms with Crippen LogP contribution >= 0.6 is 0 Å². The molecule has 1 unspecified atom stereocenters. The van der Waals surface area contributed by atoms with Crippen molar-refractivity contribution in [3.63, 3.8) is 0 Å². The fraction of sp³-hybridized carbons (Fsp3) is 0.320. The van der Waals surface area contributed by atoms with E-state index in [0.29, 0.717) is 12.2 Å². The first kappa shape index (κ1) is 23.9. The molecule has 164 valence electrons. The van der Waals surface area contributed by atoms with Crippen molar-refractivity contribution < 1.29 is 14.0 Å². The van der Waals surface area contributed by atoms with Crippen LogP contribution in [0.25, 0.3) is 12.2 Å². The Morgan fingerprint density at radius 3 is 2.74 bits per heavy atom. The van der Waals surface area contributed by atoms with E-state index in [2.05, 4.69) is 23.8 Å². The predicted octanol–water partition coefficient (Wildman–Crippen LogP) is 5.24. The van der Waals surface area contributed by atoms with Gasteiger partial charge in [0.1, 0.15) is 17.3 Å². The number of amides is 2. The number of rotatable bonds is 10. The Kier molecular flexibility index (Phi) is 8.55. The zero-order valence-electron chi connectivity index (χ0n) is 18.9. The van der Waals surface area contributed by atoms with Gasteiger partial charge in [-0.2, -0.15) is 0 Å². The lowest BCUT2D eigenvalue weighted by Crippen LogP contribution is -2.28. The van der Waals surface area contributed by atoms with Gasteiger partial charge in [0.15, 0.2) is 0 Å². The van der Waals surface area contributed by atoms with Crippen LogP contribution in [0.2, 0.25) is 0 Å². The van der Waals surface area contributed by atoms with Crippen LogP contribution in [-0.2, 0) is 16.0 Å². The number of allylic oxidation sites excluding steroid dienone is 2. The highest BCUT2D eigenvalue weighted by molar-refractivity contribution is 5.92. The van der Waals surface area contributed by atoms with Crippen LogP contribution in [0.4, 0.5) is 5.82 Å². The summed E-state index contributed by atoms with van der Waals surface area (Å²) >= 11 is 0. The molecule has 1 N–H and O–H groups in total. The highest BCUT2D eigenvalue weighted by Gasteiger charge is 2.23. The first-order chi connectivity index (χ1) is 14.8. The van der Waals surface area contributed by atoms with E-state index in [1.807, 2.05) is 39.0 Å². The van der Waals surface area contributed by atoms with Gasteiger partial charge < -0.3 is 14.6 Å². The summed E-state index contributed by atoms with van der Waals surface area (Å²) in [7, 11) is 1.76. The molecule has 2 amide bonds. The van der Waals surface area contributed by atoms with E-state index in [0.717, 1.165) is 46.6 Å². The average molecular weight is 422 g/mol. The number of anilines is 1. The van der Waals surface area contributed by atoms with E-state index in [9.17, 15) is 9.59 Å². The summed E-state index contributed by atoms with van der Waals surface area (Å²) in [5, 5.41) is 2.62. The van der Waals surface area contributed by atoms with E-state index in [1.54, 1.807) is 30.3 Å². The summed E-state index contributed by atoms with van der Waals surface area (Å²) in [6.07, 6.45) is 12.8. The van der Waals surface area contributed by atoms with Crippen LogP contribution in [0.5, 0.6) is 0 Å². The van der Waals surface area contributed by atoms with Gasteiger partial charge in [-0.15, -0.1) is 0 Å². The number of nitrogens with one attached hydrogen (secondary N) is 1. The number of pyridine rings is 1. The molecule has 0 fully saturated rings. The van der Waals surface area contributed by atoms with E-state index in [-0.39, 0.29) is 11.9 Å². The number of furan rings is 1. The maximum atomic E-state index is 12.8. The Balaban J connectivity index is 2.19. The van der Waals surface area contributed by atoms with Crippen molar-refractivity contribution in [2.75, 3.05) is 12.4 Å². The molecular formula is C25H31N3O3. The van der Waals surface area contributed by atoms with Crippen LogP contribution in [0.3, 0.4) is 0 Å². The standard InChI is InChI=1S/C25H31N3O3/c1-7-9-11-22-17(3)24(31-19(22)5)18(4)28(6)23(30)13-12-20-14-21(10-8-2)25(26-15-20)27-16-29/h7,9,11-16,18H,1,8,10H2,2-6H3,(H,26,27,29)/b11-9-,13-12+. The van der Waals surface area contributed by atoms with Gasteiger partial charge in [-0.1, -0.05) is 38.2 Å². The normalized spacial score (nSPS) is 12.3. The number of aryl methyl sites for hydroxylation is 2. The van der Waals surface area contributed by atoms with E-state index >= 15 is 0 Å². The lowest BCUT2D eigenvalue weighted by atomic mass is 10.1. The monoisotopic (exact) mass is 421 g/mol. The molecule has 2 heterocycles. The van der Waals surface area contributed by atoms with Crippen molar-refractivity contribution in [3.05, 3.63) is 70.8 Å².